The van der Waals surface area contributed by atoms with Crippen molar-refractivity contribution >= 4 is 28.9 Å². The maximum atomic E-state index is 12.1. The van der Waals surface area contributed by atoms with E-state index in [1.54, 1.807) is 0 Å². The highest BCUT2D eigenvalue weighted by Gasteiger charge is 2.44. The van der Waals surface area contributed by atoms with Gasteiger partial charge in [0.1, 0.15) is 36.8 Å². The third kappa shape index (κ3) is 6.79. The van der Waals surface area contributed by atoms with Crippen molar-refractivity contribution in [3.63, 3.8) is 0 Å². The molecule has 0 spiro atoms. The standard InChI is InChI=1S/C24H31N7O7/c25-22-19-23(28-12-27-22)31(13-29-19)24-21(36)20(35)16(38-24)11-37-30-17(32)8-10-26-9-7-15-3-1-14(2-4-15)5-6-18(33)34/h1-4,12-13,16,20-21,24,26,35-36H,5-11H2,(H,30,32)(H,33,34)(H2,25,27,28)/t16-,20-,21-,24-/m1/s1. The van der Waals surface area contributed by atoms with Crippen LogP contribution in [0.15, 0.2) is 36.9 Å². The van der Waals surface area contributed by atoms with Crippen molar-refractivity contribution in [2.75, 3.05) is 25.4 Å². The minimum absolute atomic E-state index is 0.109. The molecule has 1 aromatic carbocycles. The fourth-order valence-corrected chi connectivity index (χ4v) is 4.09. The minimum Gasteiger partial charge on any atom is -0.481 e. The van der Waals surface area contributed by atoms with E-state index in [9.17, 15) is 19.8 Å². The molecule has 2 aromatic heterocycles. The summed E-state index contributed by atoms with van der Waals surface area (Å²) < 4.78 is 7.21. The number of aliphatic hydroxyl groups excluding tert-OH is 2. The molecule has 0 radical (unpaired) electrons. The van der Waals surface area contributed by atoms with Crippen LogP contribution in [0.2, 0.25) is 0 Å². The first-order chi connectivity index (χ1) is 18.3. The zero-order valence-electron chi connectivity index (χ0n) is 20.6. The first-order valence-corrected chi connectivity index (χ1v) is 12.2. The maximum absolute atomic E-state index is 12.1. The average Bonchev–Trinajstić information content (AvgIpc) is 3.45. The lowest BCUT2D eigenvalue weighted by Crippen LogP contribution is -2.37. The monoisotopic (exact) mass is 529 g/mol. The second-order valence-corrected chi connectivity index (χ2v) is 8.93. The summed E-state index contributed by atoms with van der Waals surface area (Å²) in [4.78, 5) is 40.0. The number of hydrogen-bond acceptors (Lipinski definition) is 11. The Balaban J connectivity index is 1.13. The highest BCUT2D eigenvalue weighted by Crippen LogP contribution is 2.31. The number of aliphatic hydroxyl groups is 2. The number of benzene rings is 1. The number of nitrogen functional groups attached to an aromatic ring is 1. The number of nitrogens with two attached hydrogens (primary N) is 1. The smallest absolute Gasteiger partial charge is 0.303 e. The molecule has 4 rings (SSSR count). The number of rotatable bonds is 13. The van der Waals surface area contributed by atoms with Gasteiger partial charge in [-0.1, -0.05) is 24.3 Å². The molecule has 14 nitrogen and oxygen atoms in total. The number of aromatic nitrogens is 4. The molecule has 1 saturated heterocycles. The molecule has 38 heavy (non-hydrogen) atoms. The lowest BCUT2D eigenvalue weighted by Gasteiger charge is -2.16. The Morgan fingerprint density at radius 1 is 1.03 bits per heavy atom. The summed E-state index contributed by atoms with van der Waals surface area (Å²) in [7, 11) is 0. The van der Waals surface area contributed by atoms with Gasteiger partial charge >= 0.3 is 5.97 Å². The summed E-state index contributed by atoms with van der Waals surface area (Å²) in [5, 5.41) is 32.8. The number of ether oxygens (including phenoxy) is 1. The fourth-order valence-electron chi connectivity index (χ4n) is 4.09. The third-order valence-electron chi connectivity index (χ3n) is 6.20. The zero-order chi connectivity index (χ0) is 27.1. The molecule has 0 bridgehead atoms. The molecule has 0 saturated carbocycles. The van der Waals surface area contributed by atoms with Gasteiger partial charge in [-0.15, -0.1) is 0 Å². The van der Waals surface area contributed by atoms with Gasteiger partial charge in [0, 0.05) is 19.4 Å². The van der Waals surface area contributed by atoms with E-state index in [0.29, 0.717) is 30.7 Å². The summed E-state index contributed by atoms with van der Waals surface area (Å²) in [6, 6.07) is 7.80. The van der Waals surface area contributed by atoms with Crippen LogP contribution in [-0.2, 0) is 32.0 Å². The van der Waals surface area contributed by atoms with Crippen molar-refractivity contribution < 1.29 is 34.5 Å². The number of hydroxylamine groups is 1. The Kier molecular flexibility index (Phi) is 9.15. The van der Waals surface area contributed by atoms with Crippen LogP contribution in [-0.4, -0.2) is 84.7 Å². The molecule has 3 heterocycles. The number of carbonyl (C=O) groups excluding carboxylic acids is 1. The van der Waals surface area contributed by atoms with E-state index in [1.165, 1.54) is 17.2 Å². The van der Waals surface area contributed by atoms with Gasteiger partial charge in [0.25, 0.3) is 0 Å². The molecular weight excluding hydrogens is 498 g/mol. The summed E-state index contributed by atoms with van der Waals surface area (Å²) in [6.07, 6.45) is -0.200. The number of amides is 1. The molecule has 204 valence electrons. The van der Waals surface area contributed by atoms with Crippen molar-refractivity contribution in [1.82, 2.24) is 30.3 Å². The van der Waals surface area contributed by atoms with Gasteiger partial charge < -0.3 is 31.1 Å². The van der Waals surface area contributed by atoms with E-state index >= 15 is 0 Å². The van der Waals surface area contributed by atoms with E-state index in [4.69, 9.17) is 20.4 Å². The second-order valence-electron chi connectivity index (χ2n) is 8.93. The SMILES string of the molecule is Nc1ncnc2c1ncn2[C@@H]1O[C@H](CONC(=O)CCNCCc2ccc(CCC(=O)O)cc2)[C@@H](O)[C@H]1O. The number of aliphatic carboxylic acids is 1. The lowest BCUT2D eigenvalue weighted by atomic mass is 10.1. The fraction of sp³-hybridized carbons (Fsp3) is 0.458. The van der Waals surface area contributed by atoms with Gasteiger partial charge in [0.05, 0.1) is 6.33 Å². The normalized spacial score (nSPS) is 21.1. The van der Waals surface area contributed by atoms with Gasteiger partial charge in [-0.2, -0.15) is 0 Å². The van der Waals surface area contributed by atoms with Crippen LogP contribution >= 0.6 is 0 Å². The summed E-state index contributed by atoms with van der Waals surface area (Å²) in [5.41, 5.74) is 10.9. The van der Waals surface area contributed by atoms with Gasteiger partial charge in [0.2, 0.25) is 5.91 Å². The number of carbonyl (C=O) groups is 2. The Labute approximate surface area is 217 Å². The van der Waals surface area contributed by atoms with Crippen LogP contribution in [0, 0.1) is 0 Å². The minimum atomic E-state index is -1.28. The summed E-state index contributed by atoms with van der Waals surface area (Å²) >= 11 is 0. The number of carboxylic acid groups (broad SMARTS) is 1. The zero-order valence-corrected chi connectivity index (χ0v) is 20.6. The van der Waals surface area contributed by atoms with Gasteiger partial charge in [0.15, 0.2) is 17.7 Å². The van der Waals surface area contributed by atoms with E-state index < -0.39 is 30.5 Å². The molecule has 4 atom stereocenters. The van der Waals surface area contributed by atoms with Crippen LogP contribution in [0.1, 0.15) is 30.2 Å². The number of nitrogens with one attached hydrogen (secondary N) is 2. The molecule has 1 fully saturated rings. The predicted molar refractivity (Wildman–Crippen MR) is 133 cm³/mol. The molecule has 3 aromatic rings. The average molecular weight is 530 g/mol. The molecule has 0 unspecified atom stereocenters. The molecule has 0 aliphatic carbocycles. The molecule has 1 aliphatic heterocycles. The van der Waals surface area contributed by atoms with Crippen molar-refractivity contribution in [1.29, 1.82) is 0 Å². The van der Waals surface area contributed by atoms with Crippen LogP contribution < -0.4 is 16.5 Å². The number of fused-ring (bicyclic) bond motifs is 1. The topological polar surface area (TPSA) is 207 Å². The van der Waals surface area contributed by atoms with Crippen molar-refractivity contribution in [2.24, 2.45) is 0 Å². The Hall–Kier alpha value is -3.69. The second kappa shape index (κ2) is 12.7. The number of nitrogens with zero attached hydrogens (tertiary/aromatic N) is 4. The molecule has 1 amide bonds. The third-order valence-corrected chi connectivity index (χ3v) is 6.20. The van der Waals surface area contributed by atoms with Gasteiger partial charge in [-0.3, -0.25) is 19.0 Å². The van der Waals surface area contributed by atoms with E-state index in [0.717, 1.165) is 17.5 Å². The highest BCUT2D eigenvalue weighted by molar-refractivity contribution is 5.81. The lowest BCUT2D eigenvalue weighted by molar-refractivity contribution is -0.140. The van der Waals surface area contributed by atoms with Crippen LogP contribution in [0.4, 0.5) is 5.82 Å². The number of aryl methyl sites for hydroxylation is 1. The van der Waals surface area contributed by atoms with Gasteiger partial charge in [-0.05, 0) is 30.5 Å². The Bertz CT molecular complexity index is 1240. The van der Waals surface area contributed by atoms with Crippen LogP contribution in [0.25, 0.3) is 11.2 Å². The first kappa shape index (κ1) is 27.3. The highest BCUT2D eigenvalue weighted by atomic mass is 16.7. The quantitative estimate of drug-likeness (QED) is 0.120. The van der Waals surface area contributed by atoms with Crippen molar-refractivity contribution in [2.45, 2.75) is 50.2 Å². The van der Waals surface area contributed by atoms with E-state index in [2.05, 4.69) is 25.7 Å². The largest absolute Gasteiger partial charge is 0.481 e. The predicted octanol–water partition coefficient (Wildman–Crippen LogP) is -0.685. The Morgan fingerprint density at radius 2 is 1.76 bits per heavy atom. The van der Waals surface area contributed by atoms with Crippen molar-refractivity contribution in [3.05, 3.63) is 48.0 Å². The molecular formula is C24H31N7O7. The van der Waals surface area contributed by atoms with Gasteiger partial charge in [-0.25, -0.2) is 20.4 Å². The number of hydrogen-bond donors (Lipinski definition) is 6. The van der Waals surface area contributed by atoms with E-state index in [-0.39, 0.29) is 31.2 Å². The first-order valence-electron chi connectivity index (χ1n) is 12.2. The summed E-state index contributed by atoms with van der Waals surface area (Å²) in [5.74, 6) is -0.980. The molecule has 7 N–H and O–H groups in total. The van der Waals surface area contributed by atoms with Crippen molar-refractivity contribution in [3.8, 4) is 0 Å². The van der Waals surface area contributed by atoms with Crippen LogP contribution in [0.5, 0.6) is 0 Å². The Morgan fingerprint density at radius 3 is 2.50 bits per heavy atom. The van der Waals surface area contributed by atoms with Crippen LogP contribution in [0.3, 0.4) is 0 Å². The van der Waals surface area contributed by atoms with E-state index in [1.807, 2.05) is 24.3 Å². The number of imidazole rings is 1. The molecule has 1 aliphatic rings. The summed E-state index contributed by atoms with van der Waals surface area (Å²) in [6.45, 7) is 0.928. The number of anilines is 1. The number of carboxylic acids is 1. The molecule has 14 heteroatoms. The maximum Gasteiger partial charge on any atom is 0.303 e.